The standard InChI is InChI=1S/C18H25N5O2/c1-12-21-14(11-19)10-17(22-12)23-15-6-4-3-5-13(15)9-16(23)18(24)20-7-8-25-2/h10,13,15-16H,3-9H2,1-2H3,(H,20,24)/t13-,15-,16-/m0/s1. The minimum atomic E-state index is -0.245. The molecule has 1 saturated heterocycles. The van der Waals surface area contributed by atoms with Crippen LogP contribution in [0.2, 0.25) is 0 Å². The Labute approximate surface area is 148 Å². The summed E-state index contributed by atoms with van der Waals surface area (Å²) in [7, 11) is 1.62. The molecule has 0 radical (unpaired) electrons. The van der Waals surface area contributed by atoms with Crippen LogP contribution in [0.15, 0.2) is 6.07 Å². The fourth-order valence-electron chi connectivity index (χ4n) is 4.16. The fourth-order valence-corrected chi connectivity index (χ4v) is 4.16. The van der Waals surface area contributed by atoms with Crippen LogP contribution in [0.3, 0.4) is 0 Å². The number of nitrogens with zero attached hydrogens (tertiary/aromatic N) is 4. The Morgan fingerprint density at radius 2 is 2.24 bits per heavy atom. The Kier molecular flexibility index (Phi) is 5.49. The van der Waals surface area contributed by atoms with Crippen LogP contribution in [0.4, 0.5) is 5.82 Å². The predicted molar refractivity (Wildman–Crippen MR) is 93.0 cm³/mol. The van der Waals surface area contributed by atoms with E-state index in [1.165, 1.54) is 12.8 Å². The molecule has 0 spiro atoms. The van der Waals surface area contributed by atoms with Crippen molar-refractivity contribution >= 4 is 11.7 Å². The smallest absolute Gasteiger partial charge is 0.242 e. The number of aromatic nitrogens is 2. The Morgan fingerprint density at radius 1 is 1.44 bits per heavy atom. The summed E-state index contributed by atoms with van der Waals surface area (Å²) in [5, 5.41) is 12.2. The summed E-state index contributed by atoms with van der Waals surface area (Å²) in [6.45, 7) is 2.78. The number of nitrogens with one attached hydrogen (secondary N) is 1. The highest BCUT2D eigenvalue weighted by molar-refractivity contribution is 5.86. The Balaban J connectivity index is 1.89. The summed E-state index contributed by atoms with van der Waals surface area (Å²) in [6, 6.07) is 3.87. The first-order valence-electron chi connectivity index (χ1n) is 8.94. The van der Waals surface area contributed by atoms with Crippen LogP contribution in [0.5, 0.6) is 0 Å². The molecule has 3 atom stereocenters. The summed E-state index contributed by atoms with van der Waals surface area (Å²) in [5.74, 6) is 1.78. The lowest BCUT2D eigenvalue weighted by atomic mass is 9.84. The number of aryl methyl sites for hydroxylation is 1. The molecule has 134 valence electrons. The van der Waals surface area contributed by atoms with Crippen LogP contribution < -0.4 is 10.2 Å². The number of hydrogen-bond acceptors (Lipinski definition) is 6. The van der Waals surface area contributed by atoms with Gasteiger partial charge in [-0.15, -0.1) is 0 Å². The largest absolute Gasteiger partial charge is 0.383 e. The van der Waals surface area contributed by atoms with Gasteiger partial charge in [0.15, 0.2) is 0 Å². The molecule has 25 heavy (non-hydrogen) atoms. The van der Waals surface area contributed by atoms with Crippen molar-refractivity contribution in [3.8, 4) is 6.07 Å². The average Bonchev–Trinajstić information content (AvgIpc) is 3.01. The zero-order chi connectivity index (χ0) is 17.8. The number of ether oxygens (including phenoxy) is 1. The number of hydrogen-bond donors (Lipinski definition) is 1. The molecular formula is C18H25N5O2. The number of fused-ring (bicyclic) bond motifs is 1. The van der Waals surface area contributed by atoms with E-state index in [0.29, 0.717) is 42.4 Å². The number of rotatable bonds is 5. The van der Waals surface area contributed by atoms with Crippen molar-refractivity contribution in [2.45, 2.75) is 51.1 Å². The van der Waals surface area contributed by atoms with Gasteiger partial charge < -0.3 is 15.0 Å². The van der Waals surface area contributed by atoms with E-state index in [-0.39, 0.29) is 11.9 Å². The molecule has 1 amide bonds. The first-order chi connectivity index (χ1) is 12.1. The van der Waals surface area contributed by atoms with Gasteiger partial charge in [0.25, 0.3) is 0 Å². The van der Waals surface area contributed by atoms with Crippen LogP contribution in [-0.2, 0) is 9.53 Å². The maximum atomic E-state index is 12.8. The topological polar surface area (TPSA) is 91.1 Å². The van der Waals surface area contributed by atoms with Crippen LogP contribution in [0.1, 0.15) is 43.6 Å². The molecule has 0 bridgehead atoms. The van der Waals surface area contributed by atoms with Gasteiger partial charge in [0, 0.05) is 25.8 Å². The van der Waals surface area contributed by atoms with E-state index in [1.54, 1.807) is 20.1 Å². The highest BCUT2D eigenvalue weighted by Crippen LogP contribution is 2.41. The summed E-state index contributed by atoms with van der Waals surface area (Å²) >= 11 is 0. The van der Waals surface area contributed by atoms with Gasteiger partial charge in [-0.05, 0) is 32.1 Å². The van der Waals surface area contributed by atoms with Crippen LogP contribution in [0.25, 0.3) is 0 Å². The quantitative estimate of drug-likeness (QED) is 0.816. The first kappa shape index (κ1) is 17.6. The van der Waals surface area contributed by atoms with E-state index in [0.717, 1.165) is 19.3 Å². The lowest BCUT2D eigenvalue weighted by Crippen LogP contribution is -2.48. The molecule has 1 aliphatic heterocycles. The van der Waals surface area contributed by atoms with Gasteiger partial charge >= 0.3 is 0 Å². The highest BCUT2D eigenvalue weighted by atomic mass is 16.5. The second-order valence-corrected chi connectivity index (χ2v) is 6.82. The number of carbonyl (C=O) groups excluding carboxylic acids is 1. The molecule has 7 nitrogen and oxygen atoms in total. The third-order valence-corrected chi connectivity index (χ3v) is 5.20. The van der Waals surface area contributed by atoms with Gasteiger partial charge in [0.05, 0.1) is 6.61 Å². The molecular weight excluding hydrogens is 318 g/mol. The molecule has 7 heteroatoms. The van der Waals surface area contributed by atoms with Crippen molar-refractivity contribution in [1.29, 1.82) is 5.26 Å². The zero-order valence-corrected chi connectivity index (χ0v) is 14.9. The van der Waals surface area contributed by atoms with Crippen molar-refractivity contribution < 1.29 is 9.53 Å². The molecule has 2 heterocycles. The molecule has 3 rings (SSSR count). The minimum Gasteiger partial charge on any atom is -0.383 e. The maximum Gasteiger partial charge on any atom is 0.242 e. The molecule has 1 N–H and O–H groups in total. The molecule has 1 aliphatic carbocycles. The van der Waals surface area contributed by atoms with Crippen LogP contribution in [0, 0.1) is 24.2 Å². The molecule has 2 aliphatic rings. The third-order valence-electron chi connectivity index (χ3n) is 5.20. The second kappa shape index (κ2) is 7.79. The molecule has 2 fully saturated rings. The van der Waals surface area contributed by atoms with E-state index >= 15 is 0 Å². The molecule has 1 aromatic rings. The average molecular weight is 343 g/mol. The summed E-state index contributed by atoms with van der Waals surface area (Å²) in [4.78, 5) is 23.6. The maximum absolute atomic E-state index is 12.8. The van der Waals surface area contributed by atoms with Gasteiger partial charge in [0.1, 0.15) is 29.4 Å². The summed E-state index contributed by atoms with van der Waals surface area (Å²) < 4.78 is 5.02. The minimum absolute atomic E-state index is 0.0150. The molecule has 0 aromatic carbocycles. The second-order valence-electron chi connectivity index (χ2n) is 6.82. The first-order valence-corrected chi connectivity index (χ1v) is 8.94. The van der Waals surface area contributed by atoms with Crippen molar-refractivity contribution in [2.24, 2.45) is 5.92 Å². The van der Waals surface area contributed by atoms with E-state index in [4.69, 9.17) is 4.74 Å². The van der Waals surface area contributed by atoms with E-state index < -0.39 is 0 Å². The predicted octanol–water partition coefficient (Wildman–Crippen LogP) is 1.56. The van der Waals surface area contributed by atoms with Crippen molar-refractivity contribution in [3.05, 3.63) is 17.6 Å². The Hall–Kier alpha value is -2.20. The van der Waals surface area contributed by atoms with Gasteiger partial charge in [-0.1, -0.05) is 12.8 Å². The normalized spacial score (nSPS) is 25.3. The monoisotopic (exact) mass is 343 g/mol. The van der Waals surface area contributed by atoms with E-state index in [9.17, 15) is 10.1 Å². The number of methoxy groups -OCH3 is 1. The lowest BCUT2D eigenvalue weighted by Gasteiger charge is -2.34. The molecule has 1 saturated carbocycles. The van der Waals surface area contributed by atoms with E-state index in [2.05, 4.69) is 26.3 Å². The van der Waals surface area contributed by atoms with Crippen LogP contribution in [-0.4, -0.2) is 48.2 Å². The lowest BCUT2D eigenvalue weighted by molar-refractivity contribution is -0.122. The van der Waals surface area contributed by atoms with E-state index in [1.807, 2.05) is 0 Å². The number of anilines is 1. The van der Waals surface area contributed by atoms with Crippen molar-refractivity contribution in [1.82, 2.24) is 15.3 Å². The zero-order valence-electron chi connectivity index (χ0n) is 14.9. The number of amides is 1. The number of carbonyl (C=O) groups is 1. The van der Waals surface area contributed by atoms with Crippen molar-refractivity contribution in [2.75, 3.05) is 25.2 Å². The number of nitriles is 1. The highest BCUT2D eigenvalue weighted by Gasteiger charge is 2.45. The summed E-state index contributed by atoms with van der Waals surface area (Å²) in [6.07, 6.45) is 5.45. The SMILES string of the molecule is COCCNC(=O)[C@@H]1C[C@@H]2CCCC[C@@H]2N1c1cc(C#N)nc(C)n1. The van der Waals surface area contributed by atoms with Gasteiger partial charge in [-0.3, -0.25) is 4.79 Å². The van der Waals surface area contributed by atoms with Crippen molar-refractivity contribution in [3.63, 3.8) is 0 Å². The summed E-state index contributed by atoms with van der Waals surface area (Å²) in [5.41, 5.74) is 0.348. The fraction of sp³-hybridized carbons (Fsp3) is 0.667. The van der Waals surface area contributed by atoms with Gasteiger partial charge in [0.2, 0.25) is 5.91 Å². The third kappa shape index (κ3) is 3.74. The molecule has 0 unspecified atom stereocenters. The van der Waals surface area contributed by atoms with Gasteiger partial charge in [-0.2, -0.15) is 5.26 Å². The van der Waals surface area contributed by atoms with Gasteiger partial charge in [-0.25, -0.2) is 9.97 Å². The molecule has 1 aromatic heterocycles. The Morgan fingerprint density at radius 3 is 3.00 bits per heavy atom. The Bertz CT molecular complexity index is 672. The van der Waals surface area contributed by atoms with Crippen LogP contribution >= 0.6 is 0 Å².